The average molecular weight is 320 g/mol. The van der Waals surface area contributed by atoms with Crippen LogP contribution >= 0.6 is 11.6 Å². The smallest absolute Gasteiger partial charge is 0.335 e. The molecule has 0 bridgehead atoms. The third-order valence-electron chi connectivity index (χ3n) is 3.63. The SMILES string of the molecule is O=C(O)c1ccc(N2CCc3cc(Cl)ccc3C2=O)c(F)c1. The van der Waals surface area contributed by atoms with Crippen molar-refractivity contribution in [1.82, 2.24) is 0 Å². The van der Waals surface area contributed by atoms with E-state index >= 15 is 0 Å². The Bertz CT molecular complexity index is 791. The van der Waals surface area contributed by atoms with Gasteiger partial charge >= 0.3 is 5.97 Å². The summed E-state index contributed by atoms with van der Waals surface area (Å²) in [7, 11) is 0. The highest BCUT2D eigenvalue weighted by molar-refractivity contribution is 6.30. The number of hydrogen-bond donors (Lipinski definition) is 1. The first-order valence-electron chi connectivity index (χ1n) is 6.60. The lowest BCUT2D eigenvalue weighted by Crippen LogP contribution is -2.38. The first-order chi connectivity index (χ1) is 10.5. The number of carbonyl (C=O) groups is 2. The van der Waals surface area contributed by atoms with Crippen molar-refractivity contribution in [3.63, 3.8) is 0 Å². The molecule has 0 fully saturated rings. The van der Waals surface area contributed by atoms with Gasteiger partial charge in [-0.3, -0.25) is 4.79 Å². The second-order valence-electron chi connectivity index (χ2n) is 4.98. The van der Waals surface area contributed by atoms with Crippen molar-refractivity contribution in [3.05, 3.63) is 63.9 Å². The van der Waals surface area contributed by atoms with Crippen molar-refractivity contribution in [3.8, 4) is 0 Å². The van der Waals surface area contributed by atoms with E-state index in [1.165, 1.54) is 17.0 Å². The topological polar surface area (TPSA) is 57.6 Å². The van der Waals surface area contributed by atoms with Gasteiger partial charge in [0.2, 0.25) is 0 Å². The van der Waals surface area contributed by atoms with Crippen LogP contribution in [0.25, 0.3) is 0 Å². The number of rotatable bonds is 2. The molecule has 0 atom stereocenters. The molecule has 1 aliphatic heterocycles. The predicted molar refractivity (Wildman–Crippen MR) is 80.2 cm³/mol. The average Bonchev–Trinajstić information content (AvgIpc) is 2.48. The van der Waals surface area contributed by atoms with E-state index in [4.69, 9.17) is 16.7 Å². The summed E-state index contributed by atoms with van der Waals surface area (Å²) in [5, 5.41) is 9.41. The number of hydrogen-bond acceptors (Lipinski definition) is 2. The van der Waals surface area contributed by atoms with E-state index in [2.05, 4.69) is 0 Å². The number of nitrogens with zero attached hydrogens (tertiary/aromatic N) is 1. The predicted octanol–water partition coefficient (Wildman–Crippen LogP) is 3.38. The van der Waals surface area contributed by atoms with Gasteiger partial charge in [0.1, 0.15) is 5.82 Å². The van der Waals surface area contributed by atoms with Gasteiger partial charge in [-0.05, 0) is 48.4 Å². The Morgan fingerprint density at radius 2 is 2.00 bits per heavy atom. The van der Waals surface area contributed by atoms with Gasteiger partial charge in [-0.25, -0.2) is 9.18 Å². The van der Waals surface area contributed by atoms with Gasteiger partial charge in [-0.2, -0.15) is 0 Å². The molecule has 1 aliphatic rings. The molecule has 0 aliphatic carbocycles. The summed E-state index contributed by atoms with van der Waals surface area (Å²) in [5.74, 6) is -2.26. The van der Waals surface area contributed by atoms with E-state index in [1.54, 1.807) is 18.2 Å². The van der Waals surface area contributed by atoms with Gasteiger partial charge < -0.3 is 10.0 Å². The Hall–Kier alpha value is -2.40. The molecule has 0 radical (unpaired) electrons. The molecule has 1 amide bonds. The van der Waals surface area contributed by atoms with Crippen LogP contribution < -0.4 is 4.90 Å². The number of aromatic carboxylic acids is 1. The van der Waals surface area contributed by atoms with Gasteiger partial charge in [-0.15, -0.1) is 0 Å². The zero-order valence-electron chi connectivity index (χ0n) is 11.3. The fourth-order valence-electron chi connectivity index (χ4n) is 2.55. The molecule has 1 heterocycles. The van der Waals surface area contributed by atoms with Crippen molar-refractivity contribution in [2.24, 2.45) is 0 Å². The van der Waals surface area contributed by atoms with E-state index in [1.807, 2.05) is 0 Å². The minimum atomic E-state index is -1.21. The molecule has 2 aromatic carbocycles. The van der Waals surface area contributed by atoms with E-state index in [-0.39, 0.29) is 17.2 Å². The van der Waals surface area contributed by atoms with E-state index in [9.17, 15) is 14.0 Å². The Kier molecular flexibility index (Phi) is 3.58. The summed E-state index contributed by atoms with van der Waals surface area (Å²) in [6, 6.07) is 8.49. The van der Waals surface area contributed by atoms with Crippen LogP contribution in [0.2, 0.25) is 5.02 Å². The first kappa shape index (κ1) is 14.5. The molecule has 22 heavy (non-hydrogen) atoms. The second kappa shape index (κ2) is 5.42. The fraction of sp³-hybridized carbons (Fsp3) is 0.125. The second-order valence-corrected chi connectivity index (χ2v) is 5.42. The molecular weight excluding hydrogens is 309 g/mol. The molecule has 6 heteroatoms. The molecule has 4 nitrogen and oxygen atoms in total. The number of halogens is 2. The van der Waals surface area contributed by atoms with Crippen LogP contribution in [0.3, 0.4) is 0 Å². The van der Waals surface area contributed by atoms with Gasteiger partial charge in [-0.1, -0.05) is 11.6 Å². The maximum Gasteiger partial charge on any atom is 0.335 e. The number of carboxylic acid groups (broad SMARTS) is 1. The third-order valence-corrected chi connectivity index (χ3v) is 3.87. The lowest BCUT2D eigenvalue weighted by molar-refractivity contribution is 0.0696. The Morgan fingerprint density at radius 3 is 2.68 bits per heavy atom. The molecule has 2 aromatic rings. The highest BCUT2D eigenvalue weighted by Gasteiger charge is 2.27. The maximum atomic E-state index is 14.1. The van der Waals surface area contributed by atoms with Gasteiger partial charge in [0.15, 0.2) is 0 Å². The van der Waals surface area contributed by atoms with E-state index in [0.29, 0.717) is 23.6 Å². The molecule has 0 unspecified atom stereocenters. The molecule has 1 N–H and O–H groups in total. The summed E-state index contributed by atoms with van der Waals surface area (Å²) in [5.41, 5.74) is 1.24. The van der Waals surface area contributed by atoms with Crippen molar-refractivity contribution >= 4 is 29.2 Å². The van der Waals surface area contributed by atoms with Crippen LogP contribution in [0.1, 0.15) is 26.3 Å². The quantitative estimate of drug-likeness (QED) is 0.923. The summed E-state index contributed by atoms with van der Waals surface area (Å²) in [6.07, 6.45) is 0.557. The molecule has 0 aromatic heterocycles. The molecule has 0 saturated heterocycles. The van der Waals surface area contributed by atoms with Crippen LogP contribution in [0.4, 0.5) is 10.1 Å². The molecular formula is C16H11ClFNO3. The zero-order valence-corrected chi connectivity index (χ0v) is 12.1. The highest BCUT2D eigenvalue weighted by atomic mass is 35.5. The summed E-state index contributed by atoms with van der Waals surface area (Å²) < 4.78 is 14.1. The Labute approximate surface area is 130 Å². The standard InChI is InChI=1S/C16H11ClFNO3/c17-11-2-3-12-9(7-11)5-6-19(15(12)20)14-4-1-10(16(21)22)8-13(14)18/h1-4,7-8H,5-6H2,(H,21,22). The lowest BCUT2D eigenvalue weighted by Gasteiger charge is -2.29. The van der Waals surface area contributed by atoms with Gasteiger partial charge in [0.05, 0.1) is 11.3 Å². The Morgan fingerprint density at radius 1 is 1.23 bits per heavy atom. The minimum Gasteiger partial charge on any atom is -0.478 e. The van der Waals surface area contributed by atoms with Crippen molar-refractivity contribution in [2.75, 3.05) is 11.4 Å². The first-order valence-corrected chi connectivity index (χ1v) is 6.98. The molecule has 0 saturated carbocycles. The van der Waals surface area contributed by atoms with Crippen molar-refractivity contribution in [1.29, 1.82) is 0 Å². The normalized spacial score (nSPS) is 13.9. The van der Waals surface area contributed by atoms with Crippen LogP contribution in [0, 0.1) is 5.82 Å². The van der Waals surface area contributed by atoms with Crippen molar-refractivity contribution in [2.45, 2.75) is 6.42 Å². The number of benzene rings is 2. The fourth-order valence-corrected chi connectivity index (χ4v) is 2.74. The van der Waals surface area contributed by atoms with Crippen LogP contribution in [0.15, 0.2) is 36.4 Å². The molecule has 112 valence electrons. The summed E-state index contributed by atoms with van der Waals surface area (Å²) in [6.45, 7) is 0.315. The number of amides is 1. The molecule has 0 spiro atoms. The van der Waals surface area contributed by atoms with Crippen LogP contribution in [-0.4, -0.2) is 23.5 Å². The summed E-state index contributed by atoms with van der Waals surface area (Å²) in [4.78, 5) is 24.7. The van der Waals surface area contributed by atoms with Crippen LogP contribution in [-0.2, 0) is 6.42 Å². The van der Waals surface area contributed by atoms with E-state index < -0.39 is 11.8 Å². The number of carboxylic acids is 1. The van der Waals surface area contributed by atoms with Gasteiger partial charge in [0, 0.05) is 17.1 Å². The maximum absolute atomic E-state index is 14.1. The van der Waals surface area contributed by atoms with Crippen molar-refractivity contribution < 1.29 is 19.1 Å². The van der Waals surface area contributed by atoms with Gasteiger partial charge in [0.25, 0.3) is 5.91 Å². The lowest BCUT2D eigenvalue weighted by atomic mass is 9.98. The number of anilines is 1. The third kappa shape index (κ3) is 2.44. The number of fused-ring (bicyclic) bond motifs is 1. The highest BCUT2D eigenvalue weighted by Crippen LogP contribution is 2.28. The van der Waals surface area contributed by atoms with Crippen LogP contribution in [0.5, 0.6) is 0 Å². The zero-order chi connectivity index (χ0) is 15.9. The Balaban J connectivity index is 1.99. The minimum absolute atomic E-state index is 0.0793. The monoisotopic (exact) mass is 319 g/mol. The number of carbonyl (C=O) groups excluding carboxylic acids is 1. The molecule has 3 rings (SSSR count). The summed E-state index contributed by atoms with van der Waals surface area (Å²) >= 11 is 5.91. The van der Waals surface area contributed by atoms with E-state index in [0.717, 1.165) is 11.6 Å². The largest absolute Gasteiger partial charge is 0.478 e.